The molecule has 2 rings (SSSR count). The van der Waals surface area contributed by atoms with Gasteiger partial charge in [0.25, 0.3) is 0 Å². The number of rotatable bonds is 4. The Morgan fingerprint density at radius 2 is 1.89 bits per heavy atom. The average molecular weight is 260 g/mol. The molecule has 0 spiro atoms. The van der Waals surface area contributed by atoms with Crippen LogP contribution in [-0.4, -0.2) is 4.98 Å². The summed E-state index contributed by atoms with van der Waals surface area (Å²) in [6.07, 6.45) is 2.00. The van der Waals surface area contributed by atoms with Gasteiger partial charge in [-0.25, -0.2) is 4.98 Å². The first-order valence-corrected chi connectivity index (χ1v) is 7.18. The van der Waals surface area contributed by atoms with Crippen LogP contribution in [0.5, 0.6) is 0 Å². The van der Waals surface area contributed by atoms with E-state index in [9.17, 15) is 0 Å². The highest BCUT2D eigenvalue weighted by molar-refractivity contribution is 7.09. The van der Waals surface area contributed by atoms with Crippen LogP contribution in [0.1, 0.15) is 43.5 Å². The summed E-state index contributed by atoms with van der Waals surface area (Å²) in [6.45, 7) is 6.70. The van der Waals surface area contributed by atoms with Crippen molar-refractivity contribution in [2.75, 3.05) is 5.73 Å². The monoisotopic (exact) mass is 260 g/mol. The second-order valence-corrected chi connectivity index (χ2v) is 6.22. The third-order valence-corrected chi connectivity index (χ3v) is 4.31. The van der Waals surface area contributed by atoms with Crippen molar-refractivity contribution < 1.29 is 0 Å². The summed E-state index contributed by atoms with van der Waals surface area (Å²) in [5.74, 6) is 0. The van der Waals surface area contributed by atoms with E-state index in [1.54, 1.807) is 11.3 Å². The van der Waals surface area contributed by atoms with Gasteiger partial charge >= 0.3 is 0 Å². The molecule has 0 saturated heterocycles. The minimum absolute atomic E-state index is 0.176. The summed E-state index contributed by atoms with van der Waals surface area (Å²) in [5.41, 5.74) is 9.15. The van der Waals surface area contributed by atoms with E-state index in [2.05, 4.69) is 38.3 Å². The van der Waals surface area contributed by atoms with Gasteiger partial charge < -0.3 is 5.73 Å². The fraction of sp³-hybridized carbons (Fsp3) is 0.400. The van der Waals surface area contributed by atoms with Gasteiger partial charge in [0.05, 0.1) is 10.7 Å². The molecule has 3 heteroatoms. The zero-order valence-corrected chi connectivity index (χ0v) is 12.1. The number of hydrogen-bond donors (Lipinski definition) is 1. The van der Waals surface area contributed by atoms with Gasteiger partial charge in [0.15, 0.2) is 0 Å². The minimum Gasteiger partial charge on any atom is -0.399 e. The van der Waals surface area contributed by atoms with E-state index < -0.39 is 0 Å². The lowest BCUT2D eigenvalue weighted by atomic mass is 9.87. The van der Waals surface area contributed by atoms with Crippen molar-refractivity contribution in [1.82, 2.24) is 4.98 Å². The van der Waals surface area contributed by atoms with Crippen LogP contribution in [0.4, 0.5) is 5.69 Å². The fourth-order valence-electron chi connectivity index (χ4n) is 1.69. The normalized spacial score (nSPS) is 11.7. The zero-order chi connectivity index (χ0) is 13.2. The van der Waals surface area contributed by atoms with Gasteiger partial charge in [-0.3, -0.25) is 0 Å². The number of nitrogen functional groups attached to an aromatic ring is 1. The molecule has 0 aliphatic carbocycles. The van der Waals surface area contributed by atoms with Crippen molar-refractivity contribution in [2.45, 2.75) is 39.0 Å². The van der Waals surface area contributed by atoms with Gasteiger partial charge in [-0.05, 0) is 24.1 Å². The molecule has 0 radical (unpaired) electrons. The van der Waals surface area contributed by atoms with Gasteiger partial charge in [-0.2, -0.15) is 0 Å². The Labute approximate surface area is 113 Å². The van der Waals surface area contributed by atoms with Crippen LogP contribution in [-0.2, 0) is 11.8 Å². The van der Waals surface area contributed by atoms with Crippen molar-refractivity contribution in [3.63, 3.8) is 0 Å². The van der Waals surface area contributed by atoms with Gasteiger partial charge in [0.1, 0.15) is 0 Å². The molecular formula is C15H20N2S. The molecular weight excluding hydrogens is 240 g/mol. The molecule has 2 nitrogen and oxygen atoms in total. The molecule has 1 heterocycles. The van der Waals surface area contributed by atoms with E-state index in [4.69, 9.17) is 10.7 Å². The van der Waals surface area contributed by atoms with E-state index in [0.717, 1.165) is 18.5 Å². The largest absolute Gasteiger partial charge is 0.399 e. The lowest BCUT2D eigenvalue weighted by Crippen LogP contribution is -2.15. The Kier molecular flexibility index (Phi) is 3.71. The van der Waals surface area contributed by atoms with E-state index in [0.29, 0.717) is 0 Å². The molecule has 2 N–H and O–H groups in total. The molecule has 0 aliphatic rings. The highest BCUT2D eigenvalue weighted by Gasteiger charge is 2.21. The average Bonchev–Trinajstić information content (AvgIpc) is 2.81. The Morgan fingerprint density at radius 1 is 1.22 bits per heavy atom. The predicted octanol–water partition coefficient (Wildman–Crippen LogP) is 4.00. The van der Waals surface area contributed by atoms with Crippen LogP contribution in [0.25, 0.3) is 0 Å². The fourth-order valence-corrected chi connectivity index (χ4v) is 2.71. The molecule has 0 atom stereocenters. The highest BCUT2D eigenvalue weighted by Crippen LogP contribution is 2.28. The lowest BCUT2D eigenvalue weighted by Gasteiger charge is -2.19. The maximum atomic E-state index is 5.69. The molecule has 96 valence electrons. The van der Waals surface area contributed by atoms with E-state index in [1.807, 2.05) is 12.1 Å². The molecule has 2 aromatic rings. The molecule has 0 bridgehead atoms. The SMILES string of the molecule is CCC(C)(C)c1csc(Cc2ccc(N)cc2)n1. The first kappa shape index (κ1) is 13.1. The summed E-state index contributed by atoms with van der Waals surface area (Å²) in [5, 5.41) is 3.37. The van der Waals surface area contributed by atoms with Crippen LogP contribution < -0.4 is 5.73 Å². The number of nitrogens with zero attached hydrogens (tertiary/aromatic N) is 1. The maximum Gasteiger partial charge on any atom is 0.0972 e. The van der Waals surface area contributed by atoms with Crippen LogP contribution in [0, 0.1) is 0 Å². The third-order valence-electron chi connectivity index (χ3n) is 3.46. The maximum absolute atomic E-state index is 5.69. The van der Waals surface area contributed by atoms with E-state index in [-0.39, 0.29) is 5.41 Å². The summed E-state index contributed by atoms with van der Waals surface area (Å²) in [4.78, 5) is 4.76. The Hall–Kier alpha value is -1.35. The van der Waals surface area contributed by atoms with E-state index >= 15 is 0 Å². The van der Waals surface area contributed by atoms with Crippen molar-refractivity contribution >= 4 is 17.0 Å². The van der Waals surface area contributed by atoms with Crippen molar-refractivity contribution in [3.8, 4) is 0 Å². The standard InChI is InChI=1S/C15H20N2S/c1-4-15(2,3)13-10-18-14(17-13)9-11-5-7-12(16)8-6-11/h5-8,10H,4,9,16H2,1-3H3. The van der Waals surface area contributed by atoms with Gasteiger partial charge in [0, 0.05) is 22.9 Å². The first-order chi connectivity index (χ1) is 8.51. The summed E-state index contributed by atoms with van der Waals surface area (Å²) in [7, 11) is 0. The van der Waals surface area contributed by atoms with Gasteiger partial charge in [-0.15, -0.1) is 11.3 Å². The van der Waals surface area contributed by atoms with E-state index in [1.165, 1.54) is 16.3 Å². The smallest absolute Gasteiger partial charge is 0.0972 e. The van der Waals surface area contributed by atoms with Crippen LogP contribution >= 0.6 is 11.3 Å². The summed E-state index contributed by atoms with van der Waals surface area (Å²) >= 11 is 1.75. The van der Waals surface area contributed by atoms with Crippen LogP contribution in [0.2, 0.25) is 0 Å². The van der Waals surface area contributed by atoms with Gasteiger partial charge in [0.2, 0.25) is 0 Å². The van der Waals surface area contributed by atoms with Gasteiger partial charge in [-0.1, -0.05) is 32.9 Å². The zero-order valence-electron chi connectivity index (χ0n) is 11.2. The Morgan fingerprint density at radius 3 is 2.50 bits per heavy atom. The Bertz CT molecular complexity index is 512. The van der Waals surface area contributed by atoms with Crippen molar-refractivity contribution in [2.24, 2.45) is 0 Å². The second kappa shape index (κ2) is 5.11. The van der Waals surface area contributed by atoms with Crippen LogP contribution in [0.3, 0.4) is 0 Å². The minimum atomic E-state index is 0.176. The van der Waals surface area contributed by atoms with Crippen molar-refractivity contribution in [3.05, 3.63) is 45.9 Å². The number of anilines is 1. The highest BCUT2D eigenvalue weighted by atomic mass is 32.1. The molecule has 0 saturated carbocycles. The Balaban J connectivity index is 2.14. The first-order valence-electron chi connectivity index (χ1n) is 6.30. The number of aromatic nitrogens is 1. The molecule has 0 fully saturated rings. The number of thiazole rings is 1. The molecule has 18 heavy (non-hydrogen) atoms. The molecule has 0 aliphatic heterocycles. The quantitative estimate of drug-likeness (QED) is 0.844. The number of hydrogen-bond acceptors (Lipinski definition) is 3. The molecule has 1 aromatic heterocycles. The van der Waals surface area contributed by atoms with Crippen LogP contribution in [0.15, 0.2) is 29.6 Å². The molecule has 0 amide bonds. The summed E-state index contributed by atoms with van der Waals surface area (Å²) < 4.78 is 0. The third kappa shape index (κ3) is 2.91. The lowest BCUT2D eigenvalue weighted by molar-refractivity contribution is 0.492. The molecule has 1 aromatic carbocycles. The second-order valence-electron chi connectivity index (χ2n) is 5.28. The number of benzene rings is 1. The predicted molar refractivity (Wildman–Crippen MR) is 79.1 cm³/mol. The topological polar surface area (TPSA) is 38.9 Å². The number of nitrogens with two attached hydrogens (primary N) is 1. The molecule has 0 unspecified atom stereocenters. The summed E-state index contributed by atoms with van der Waals surface area (Å²) in [6, 6.07) is 8.03. The van der Waals surface area contributed by atoms with Crippen molar-refractivity contribution in [1.29, 1.82) is 0 Å².